The molecule has 0 aliphatic carbocycles. The number of rotatable bonds is 4. The van der Waals surface area contributed by atoms with E-state index in [0.29, 0.717) is 6.54 Å². The number of hydrogen-bond donors (Lipinski definition) is 1. The van der Waals surface area contributed by atoms with Gasteiger partial charge in [0.25, 0.3) is 5.91 Å². The summed E-state index contributed by atoms with van der Waals surface area (Å²) in [6, 6.07) is 19.9. The normalized spacial score (nSPS) is 11.3. The van der Waals surface area contributed by atoms with Crippen LogP contribution in [0.15, 0.2) is 66.4 Å². The largest absolute Gasteiger partial charge is 0.365 e. The first-order chi connectivity index (χ1) is 11.2. The van der Waals surface area contributed by atoms with Crippen molar-refractivity contribution in [2.24, 2.45) is 5.73 Å². The molecule has 3 rings (SSSR count). The molecule has 1 heterocycles. The lowest BCUT2D eigenvalue weighted by molar-refractivity contribution is -0.114. The first-order valence-electron chi connectivity index (χ1n) is 7.22. The van der Waals surface area contributed by atoms with Crippen molar-refractivity contribution in [2.75, 3.05) is 0 Å². The molecule has 3 aromatic rings. The van der Waals surface area contributed by atoms with Crippen LogP contribution < -0.4 is 5.73 Å². The SMILES string of the molecule is N#CC(=Cc1cn(Cc2ccccc2)c2ccccc12)C(N)=O. The minimum Gasteiger partial charge on any atom is -0.365 e. The van der Waals surface area contributed by atoms with Crippen LogP contribution in [-0.2, 0) is 11.3 Å². The summed E-state index contributed by atoms with van der Waals surface area (Å²) in [4.78, 5) is 11.3. The van der Waals surface area contributed by atoms with Crippen molar-refractivity contribution in [3.8, 4) is 6.07 Å². The molecule has 0 fully saturated rings. The lowest BCUT2D eigenvalue weighted by Gasteiger charge is -2.05. The molecule has 112 valence electrons. The maximum atomic E-state index is 11.3. The standard InChI is InChI=1S/C19H15N3O/c20-11-15(19(21)23)10-16-13-22(12-14-6-2-1-3-7-14)18-9-5-4-8-17(16)18/h1-10,13H,12H2,(H2,21,23). The summed E-state index contributed by atoms with van der Waals surface area (Å²) in [6.45, 7) is 0.716. The van der Waals surface area contributed by atoms with Crippen molar-refractivity contribution in [1.29, 1.82) is 5.26 Å². The van der Waals surface area contributed by atoms with Crippen LogP contribution in [0.25, 0.3) is 17.0 Å². The zero-order valence-corrected chi connectivity index (χ0v) is 12.4. The van der Waals surface area contributed by atoms with E-state index in [1.807, 2.05) is 54.7 Å². The van der Waals surface area contributed by atoms with E-state index in [9.17, 15) is 4.79 Å². The zero-order chi connectivity index (χ0) is 16.2. The number of benzene rings is 2. The summed E-state index contributed by atoms with van der Waals surface area (Å²) in [5.74, 6) is -0.715. The second-order valence-corrected chi connectivity index (χ2v) is 5.25. The van der Waals surface area contributed by atoms with Crippen LogP contribution in [0.5, 0.6) is 0 Å². The average Bonchev–Trinajstić information content (AvgIpc) is 2.91. The first kappa shape index (κ1) is 14.6. The van der Waals surface area contributed by atoms with E-state index in [4.69, 9.17) is 11.0 Å². The van der Waals surface area contributed by atoms with Crippen LogP contribution in [-0.4, -0.2) is 10.5 Å². The highest BCUT2D eigenvalue weighted by Gasteiger charge is 2.10. The van der Waals surface area contributed by atoms with E-state index in [1.165, 1.54) is 5.56 Å². The van der Waals surface area contributed by atoms with Crippen LogP contribution in [0.2, 0.25) is 0 Å². The Hall–Kier alpha value is -3.32. The molecule has 1 amide bonds. The van der Waals surface area contributed by atoms with Gasteiger partial charge in [0.15, 0.2) is 0 Å². The molecule has 0 bridgehead atoms. The summed E-state index contributed by atoms with van der Waals surface area (Å²) < 4.78 is 2.10. The van der Waals surface area contributed by atoms with Gasteiger partial charge in [-0.05, 0) is 17.7 Å². The van der Waals surface area contributed by atoms with Gasteiger partial charge in [-0.1, -0.05) is 48.5 Å². The minimum atomic E-state index is -0.715. The number of carbonyl (C=O) groups excluding carboxylic acids is 1. The number of nitrogens with two attached hydrogens (primary N) is 1. The Bertz CT molecular complexity index is 930. The molecule has 4 nitrogen and oxygen atoms in total. The summed E-state index contributed by atoms with van der Waals surface area (Å²) in [7, 11) is 0. The topological polar surface area (TPSA) is 71.8 Å². The van der Waals surface area contributed by atoms with Gasteiger partial charge < -0.3 is 10.3 Å². The summed E-state index contributed by atoms with van der Waals surface area (Å²) in [5.41, 5.74) is 8.22. The Kier molecular flexibility index (Phi) is 3.94. The summed E-state index contributed by atoms with van der Waals surface area (Å²) >= 11 is 0. The highest BCUT2D eigenvalue weighted by atomic mass is 16.1. The monoisotopic (exact) mass is 301 g/mol. The molecule has 0 saturated carbocycles. The molecule has 0 aliphatic heterocycles. The van der Waals surface area contributed by atoms with Gasteiger partial charge >= 0.3 is 0 Å². The zero-order valence-electron chi connectivity index (χ0n) is 12.4. The lowest BCUT2D eigenvalue weighted by atomic mass is 10.1. The molecule has 0 spiro atoms. The Morgan fingerprint density at radius 1 is 1.13 bits per heavy atom. The van der Waals surface area contributed by atoms with Crippen LogP contribution in [0.3, 0.4) is 0 Å². The summed E-state index contributed by atoms with van der Waals surface area (Å²) in [5, 5.41) is 10.0. The predicted octanol–water partition coefficient (Wildman–Crippen LogP) is 3.08. The second kappa shape index (κ2) is 6.20. The highest BCUT2D eigenvalue weighted by molar-refractivity contribution is 6.03. The fourth-order valence-electron chi connectivity index (χ4n) is 2.62. The Morgan fingerprint density at radius 3 is 2.52 bits per heavy atom. The van der Waals surface area contributed by atoms with Crippen LogP contribution >= 0.6 is 0 Å². The molecule has 0 atom stereocenters. The average molecular weight is 301 g/mol. The number of para-hydroxylation sites is 1. The van der Waals surface area contributed by atoms with Gasteiger partial charge in [-0.25, -0.2) is 0 Å². The van der Waals surface area contributed by atoms with E-state index in [2.05, 4.69) is 16.7 Å². The van der Waals surface area contributed by atoms with Crippen LogP contribution in [0.4, 0.5) is 0 Å². The first-order valence-corrected chi connectivity index (χ1v) is 7.22. The number of carbonyl (C=O) groups is 1. The lowest BCUT2D eigenvalue weighted by Crippen LogP contribution is -2.12. The van der Waals surface area contributed by atoms with Crippen molar-refractivity contribution in [1.82, 2.24) is 4.57 Å². The second-order valence-electron chi connectivity index (χ2n) is 5.25. The third-order valence-electron chi connectivity index (χ3n) is 3.70. The predicted molar refractivity (Wildman–Crippen MR) is 90.3 cm³/mol. The van der Waals surface area contributed by atoms with Gasteiger partial charge in [0.05, 0.1) is 0 Å². The van der Waals surface area contributed by atoms with E-state index >= 15 is 0 Å². The van der Waals surface area contributed by atoms with E-state index in [0.717, 1.165) is 16.5 Å². The molecule has 4 heteroatoms. The Labute approximate surface area is 134 Å². The minimum absolute atomic E-state index is 0.0485. The molecule has 0 unspecified atom stereocenters. The third-order valence-corrected chi connectivity index (χ3v) is 3.70. The number of nitriles is 1. The van der Waals surface area contributed by atoms with Crippen LogP contribution in [0, 0.1) is 11.3 Å². The molecule has 2 aromatic carbocycles. The maximum Gasteiger partial charge on any atom is 0.259 e. The molecule has 1 aromatic heterocycles. The van der Waals surface area contributed by atoms with Gasteiger partial charge in [-0.2, -0.15) is 5.26 Å². The molecule has 0 radical (unpaired) electrons. The Balaban J connectivity index is 2.11. The van der Waals surface area contributed by atoms with Crippen molar-refractivity contribution in [3.05, 3.63) is 77.5 Å². The number of hydrogen-bond acceptors (Lipinski definition) is 2. The number of fused-ring (bicyclic) bond motifs is 1. The van der Waals surface area contributed by atoms with Gasteiger partial charge in [-0.15, -0.1) is 0 Å². The third kappa shape index (κ3) is 2.99. The molecule has 2 N–H and O–H groups in total. The van der Waals surface area contributed by atoms with Crippen molar-refractivity contribution >= 4 is 22.9 Å². The highest BCUT2D eigenvalue weighted by Crippen LogP contribution is 2.24. The van der Waals surface area contributed by atoms with Gasteiger partial charge in [-0.3, -0.25) is 4.79 Å². The Morgan fingerprint density at radius 2 is 1.83 bits per heavy atom. The van der Waals surface area contributed by atoms with E-state index in [-0.39, 0.29) is 5.57 Å². The summed E-state index contributed by atoms with van der Waals surface area (Å²) in [6.07, 6.45) is 3.49. The molecular weight excluding hydrogens is 286 g/mol. The number of nitrogens with zero attached hydrogens (tertiary/aromatic N) is 2. The number of primary amides is 1. The van der Waals surface area contributed by atoms with Crippen LogP contribution in [0.1, 0.15) is 11.1 Å². The number of aromatic nitrogens is 1. The smallest absolute Gasteiger partial charge is 0.259 e. The van der Waals surface area contributed by atoms with Crippen molar-refractivity contribution < 1.29 is 4.79 Å². The van der Waals surface area contributed by atoms with Gasteiger partial charge in [0, 0.05) is 29.2 Å². The van der Waals surface area contributed by atoms with Crippen molar-refractivity contribution in [3.63, 3.8) is 0 Å². The molecular formula is C19H15N3O. The van der Waals surface area contributed by atoms with Crippen molar-refractivity contribution in [2.45, 2.75) is 6.54 Å². The quantitative estimate of drug-likeness (QED) is 0.594. The maximum absolute atomic E-state index is 11.3. The molecule has 0 saturated heterocycles. The van der Waals surface area contributed by atoms with Gasteiger partial charge in [0.2, 0.25) is 0 Å². The fraction of sp³-hybridized carbons (Fsp3) is 0.0526. The van der Waals surface area contributed by atoms with Gasteiger partial charge in [0.1, 0.15) is 11.6 Å². The molecule has 0 aliphatic rings. The van der Waals surface area contributed by atoms with E-state index < -0.39 is 5.91 Å². The fourth-order valence-corrected chi connectivity index (χ4v) is 2.62. The number of amides is 1. The molecule has 23 heavy (non-hydrogen) atoms. The van der Waals surface area contributed by atoms with E-state index in [1.54, 1.807) is 6.08 Å².